The maximum atomic E-state index is 13.0. The largest absolute Gasteiger partial charge is 0.477 e. The Morgan fingerprint density at radius 1 is 0.290 bits per heavy atom. The first-order chi connectivity index (χ1) is 52.6. The maximum Gasteiger partial charge on any atom is 0.361 e. The van der Waals surface area contributed by atoms with Crippen LogP contribution in [0.5, 0.6) is 0 Å². The number of hydrogen-bond acceptors (Lipinski definition) is 7. The molecule has 0 aliphatic carbocycles. The Balaban J connectivity index is 3.94. The average Bonchev–Trinajstić information content (AvgIpc) is 0.965. The maximum absolute atomic E-state index is 13.0. The van der Waals surface area contributed by atoms with E-state index in [4.69, 9.17) is 18.9 Å². The Morgan fingerprint density at radius 2 is 0.533 bits per heavy atom. The number of quaternary nitrogens is 1. The van der Waals surface area contributed by atoms with Crippen LogP contribution in [0.2, 0.25) is 0 Å². The molecule has 9 nitrogen and oxygen atoms in total. The van der Waals surface area contributed by atoms with E-state index in [1.807, 2.05) is 21.1 Å². The average molecular weight is 1490 g/mol. The summed E-state index contributed by atoms with van der Waals surface area (Å²) < 4.78 is 23.1. The highest BCUT2D eigenvalue weighted by Crippen LogP contribution is 2.20. The SMILES string of the molecule is CC/C=C\C/C=C\C/C=C\C/C=C\C/C=C\C/C=C\C/C=C\C/C=C\CCCCCCCCCCCCCCCCCCC(=O)OC(COC(=O)CCCCCCCCCCCCCCCCCCCCCCCCCCCCCCC/C=C\C/C=C\CCCCCCC)COC(OCC[N+](C)(C)C)C(=O)O. The van der Waals surface area contributed by atoms with Crippen molar-refractivity contribution in [3.05, 3.63) is 122 Å². The van der Waals surface area contributed by atoms with E-state index in [0.717, 1.165) is 96.3 Å². The zero-order valence-corrected chi connectivity index (χ0v) is 71.0. The zero-order valence-electron chi connectivity index (χ0n) is 71.0. The highest BCUT2D eigenvalue weighted by Gasteiger charge is 2.25. The van der Waals surface area contributed by atoms with Gasteiger partial charge < -0.3 is 28.5 Å². The molecule has 0 aliphatic heterocycles. The lowest BCUT2D eigenvalue weighted by Crippen LogP contribution is -2.40. The molecule has 0 aromatic rings. The fourth-order valence-corrected chi connectivity index (χ4v) is 13.3. The molecule has 2 unspecified atom stereocenters. The number of nitrogens with zero attached hydrogens (tertiary/aromatic N) is 1. The number of carboxylic acid groups (broad SMARTS) is 1. The molecular weight excluding hydrogens is 1320 g/mol. The van der Waals surface area contributed by atoms with Crippen molar-refractivity contribution in [2.24, 2.45) is 0 Å². The fraction of sp³-hybridized carbons (Fsp3) is 0.765. The van der Waals surface area contributed by atoms with E-state index in [0.29, 0.717) is 17.4 Å². The molecule has 0 bridgehead atoms. The first kappa shape index (κ1) is 103. The van der Waals surface area contributed by atoms with Gasteiger partial charge in [-0.2, -0.15) is 0 Å². The van der Waals surface area contributed by atoms with Gasteiger partial charge in [0, 0.05) is 12.8 Å². The molecule has 0 aliphatic rings. The number of ether oxygens (including phenoxy) is 4. The van der Waals surface area contributed by atoms with Crippen molar-refractivity contribution in [1.29, 1.82) is 0 Å². The van der Waals surface area contributed by atoms with Gasteiger partial charge in [0.2, 0.25) is 0 Å². The van der Waals surface area contributed by atoms with E-state index in [1.165, 1.54) is 302 Å². The number of likely N-dealkylation sites (N-methyl/N-ethyl adjacent to an activating group) is 1. The monoisotopic (exact) mass is 1490 g/mol. The minimum Gasteiger partial charge on any atom is -0.477 e. The molecule has 0 fully saturated rings. The van der Waals surface area contributed by atoms with Gasteiger partial charge in [-0.25, -0.2) is 4.79 Å². The number of esters is 2. The molecule has 0 aromatic carbocycles. The Bertz CT molecular complexity index is 2190. The topological polar surface area (TPSA) is 108 Å². The van der Waals surface area contributed by atoms with Gasteiger partial charge in [-0.15, -0.1) is 0 Å². The van der Waals surface area contributed by atoms with Gasteiger partial charge in [-0.3, -0.25) is 9.59 Å². The van der Waals surface area contributed by atoms with Crippen molar-refractivity contribution in [3.8, 4) is 0 Å². The summed E-state index contributed by atoms with van der Waals surface area (Å²) in [6, 6.07) is 0. The summed E-state index contributed by atoms with van der Waals surface area (Å²) in [6.45, 7) is 4.81. The minimum atomic E-state index is -1.51. The van der Waals surface area contributed by atoms with Gasteiger partial charge in [0.05, 0.1) is 34.4 Å². The van der Waals surface area contributed by atoms with E-state index in [9.17, 15) is 19.5 Å². The molecule has 0 aromatic heterocycles. The molecule has 618 valence electrons. The lowest BCUT2D eigenvalue weighted by Gasteiger charge is -2.25. The highest BCUT2D eigenvalue weighted by molar-refractivity contribution is 5.71. The highest BCUT2D eigenvalue weighted by atomic mass is 16.7. The summed E-state index contributed by atoms with van der Waals surface area (Å²) >= 11 is 0. The van der Waals surface area contributed by atoms with Crippen LogP contribution in [0.15, 0.2) is 122 Å². The molecule has 2 atom stereocenters. The summed E-state index contributed by atoms with van der Waals surface area (Å²) in [7, 11) is 6.00. The number of carboxylic acids is 1. The van der Waals surface area contributed by atoms with Gasteiger partial charge in [-0.1, -0.05) is 424 Å². The summed E-state index contributed by atoms with van der Waals surface area (Å²) in [6.07, 6.45) is 123. The predicted octanol–water partition coefficient (Wildman–Crippen LogP) is 30.2. The third-order valence-electron chi connectivity index (χ3n) is 20.2. The lowest BCUT2D eigenvalue weighted by molar-refractivity contribution is -0.870. The molecule has 0 saturated heterocycles. The minimum absolute atomic E-state index is 0.181. The number of unbranched alkanes of at least 4 members (excludes halogenated alkanes) is 50. The van der Waals surface area contributed by atoms with E-state index in [-0.39, 0.29) is 38.2 Å². The van der Waals surface area contributed by atoms with Gasteiger partial charge in [0.15, 0.2) is 6.10 Å². The van der Waals surface area contributed by atoms with Crippen LogP contribution in [-0.4, -0.2) is 87.4 Å². The van der Waals surface area contributed by atoms with Crippen molar-refractivity contribution in [1.82, 2.24) is 0 Å². The van der Waals surface area contributed by atoms with E-state index < -0.39 is 18.4 Å². The number of hydrogen-bond donors (Lipinski definition) is 1. The molecule has 0 spiro atoms. The quantitative estimate of drug-likeness (QED) is 0.0211. The summed E-state index contributed by atoms with van der Waals surface area (Å²) in [5.41, 5.74) is 0. The molecular formula is C98H174NO8+. The van der Waals surface area contributed by atoms with Crippen LogP contribution >= 0.6 is 0 Å². The molecule has 0 rings (SSSR count). The van der Waals surface area contributed by atoms with Crippen LogP contribution in [0.25, 0.3) is 0 Å². The Labute approximate surface area is 663 Å². The van der Waals surface area contributed by atoms with Crippen LogP contribution in [0.1, 0.15) is 425 Å². The van der Waals surface area contributed by atoms with Crippen molar-refractivity contribution >= 4 is 17.9 Å². The molecule has 107 heavy (non-hydrogen) atoms. The molecule has 9 heteroatoms. The van der Waals surface area contributed by atoms with E-state index in [1.54, 1.807) is 0 Å². The van der Waals surface area contributed by atoms with Crippen LogP contribution < -0.4 is 0 Å². The number of rotatable bonds is 85. The molecule has 1 N–H and O–H groups in total. The fourth-order valence-electron chi connectivity index (χ4n) is 13.3. The Morgan fingerprint density at radius 3 is 0.794 bits per heavy atom. The second-order valence-electron chi connectivity index (χ2n) is 31.9. The molecule has 0 amide bonds. The summed E-state index contributed by atoms with van der Waals surface area (Å²) in [5.74, 6) is -1.98. The third-order valence-corrected chi connectivity index (χ3v) is 20.2. The van der Waals surface area contributed by atoms with Crippen LogP contribution in [0.4, 0.5) is 0 Å². The molecule has 0 heterocycles. The van der Waals surface area contributed by atoms with Gasteiger partial charge >= 0.3 is 17.9 Å². The third kappa shape index (κ3) is 88.8. The van der Waals surface area contributed by atoms with Crippen LogP contribution in [-0.2, 0) is 33.3 Å². The molecule has 0 saturated carbocycles. The van der Waals surface area contributed by atoms with Crippen molar-refractivity contribution in [2.75, 3.05) is 47.5 Å². The second-order valence-corrected chi connectivity index (χ2v) is 31.9. The van der Waals surface area contributed by atoms with E-state index in [2.05, 4.69) is 135 Å². The lowest BCUT2D eigenvalue weighted by atomic mass is 10.0. The first-order valence-electron chi connectivity index (χ1n) is 45.7. The smallest absolute Gasteiger partial charge is 0.361 e. The number of carbonyl (C=O) groups excluding carboxylic acids is 2. The normalized spacial score (nSPS) is 13.2. The zero-order chi connectivity index (χ0) is 77.4. The van der Waals surface area contributed by atoms with Gasteiger partial charge in [-0.05, 0) is 109 Å². The van der Waals surface area contributed by atoms with Crippen LogP contribution in [0.3, 0.4) is 0 Å². The first-order valence-corrected chi connectivity index (χ1v) is 45.7. The van der Waals surface area contributed by atoms with Gasteiger partial charge in [0.1, 0.15) is 13.2 Å². The number of carbonyl (C=O) groups is 3. The van der Waals surface area contributed by atoms with Crippen LogP contribution in [0, 0.1) is 0 Å². The number of allylic oxidation sites excluding steroid dienone is 20. The summed E-state index contributed by atoms with van der Waals surface area (Å²) in [5, 5.41) is 9.80. The Hall–Kier alpha value is -4.31. The number of aliphatic carboxylic acids is 1. The van der Waals surface area contributed by atoms with Crippen molar-refractivity contribution in [2.45, 2.75) is 437 Å². The predicted molar refractivity (Wildman–Crippen MR) is 465 cm³/mol. The van der Waals surface area contributed by atoms with Gasteiger partial charge in [0.25, 0.3) is 6.29 Å². The summed E-state index contributed by atoms with van der Waals surface area (Å²) in [4.78, 5) is 37.8. The standard InChI is InChI=1S/C98H173NO8/c1-6-8-10-12-14-16-18-20-22-24-26-28-30-32-34-36-38-40-42-44-46-48-50-52-54-56-58-60-62-64-66-68-70-72-74-76-78-80-82-84-86-88-95(100)105-92-94(93-106-98(97(102)103)104-91-90-99(3,4)5)107-96(101)89-87-85-83-81-79-77-75-73-71-69-67-65-63-61-59-57-55-53-51-49-47-45-43-41-39-37-35-33-31-29-27-25-23-21-19-17-15-13-11-9-7-2/h9,11,15,17-18,20-21,23-24,26-27,29,33,35,39,41,45,47,51,53,94,98H,6-8,10,12-14,16,19,22,25,28,30-32,34,36-38,40,42-44,46,48-50,52,54-93H2,1-5H3/p+1/b11-9-,17-15-,20-18-,23-21-,26-24-,29-27-,35-33-,41-39-,47-45-,53-51-. The van der Waals surface area contributed by atoms with Crippen molar-refractivity contribution in [3.63, 3.8) is 0 Å². The second kappa shape index (κ2) is 87.3. The Kier molecular flexibility index (Phi) is 83.8. The van der Waals surface area contributed by atoms with E-state index >= 15 is 0 Å². The van der Waals surface area contributed by atoms with Crippen molar-refractivity contribution < 1.29 is 42.9 Å². The molecule has 0 radical (unpaired) electrons.